The molecule has 0 bridgehead atoms. The predicted octanol–water partition coefficient (Wildman–Crippen LogP) is 15.5. The Bertz CT molecular complexity index is 7390. The summed E-state index contributed by atoms with van der Waals surface area (Å²) in [5, 5.41) is 83.4. The topological polar surface area (TPSA) is 67.9 Å². The molecule has 4 aliphatic carbocycles. The van der Waals surface area contributed by atoms with Gasteiger partial charge in [0.1, 0.15) is 17.6 Å². The molecule has 1 saturated heterocycles. The number of likely N-dealkylation sites (tertiary alicyclic amines) is 1. The zero-order valence-electron chi connectivity index (χ0n) is 38.7. The van der Waals surface area contributed by atoms with Gasteiger partial charge in [-0.3, -0.25) is 9.69 Å². The van der Waals surface area contributed by atoms with E-state index in [1.807, 2.05) is 4.90 Å². The summed E-state index contributed by atoms with van der Waals surface area (Å²) in [5.74, 6) is -0.785. The minimum Gasteiger partial charge on any atom is -0.468 e. The Kier molecular flexibility index (Phi) is 2.85. The maximum absolute atomic E-state index is 16.3. The molecule has 1 heterocycles. The summed E-state index contributed by atoms with van der Waals surface area (Å²) in [6.45, 7) is -0.153. The molecule has 1 aliphatic heterocycles. The second kappa shape index (κ2) is 7.09. The third kappa shape index (κ3) is 1.67. The number of rotatable bonds is 3. The number of hydrogen-bond donors (Lipinski definition) is 1. The fourth-order valence-electron chi connectivity index (χ4n) is 25.6. The lowest BCUT2D eigenvalue weighted by molar-refractivity contribution is -0.145. The van der Waals surface area contributed by atoms with E-state index < -0.39 is 22.8 Å². The van der Waals surface area contributed by atoms with Crippen LogP contribution in [0.5, 0.6) is 0 Å². The minimum absolute atomic E-state index is 0.153. The number of thiocarbonyl (C=S) groups is 2. The molecule has 76 heavy (non-hydrogen) atoms. The molecule has 328 valence electrons. The molecular weight excluding hydrogens is 973 g/mol. The van der Waals surface area contributed by atoms with Crippen molar-refractivity contribution >= 4 is 337 Å². The Morgan fingerprint density at radius 1 is 0.368 bits per heavy atom. The Labute approximate surface area is 423 Å². The van der Waals surface area contributed by atoms with Gasteiger partial charge in [-0.2, -0.15) is 0 Å². The van der Waals surface area contributed by atoms with Crippen LogP contribution in [0.2, 0.25) is 0 Å². The smallest absolute Gasteiger partial charge is 0.330 e. The van der Waals surface area contributed by atoms with Crippen LogP contribution in [-0.2, 0) is 29.9 Å². The van der Waals surface area contributed by atoms with Crippen molar-refractivity contribution in [2.75, 3.05) is 20.8 Å². The van der Waals surface area contributed by atoms with Crippen molar-refractivity contribution in [1.82, 2.24) is 10.2 Å². The van der Waals surface area contributed by atoms with Crippen molar-refractivity contribution < 1.29 is 19.1 Å². The van der Waals surface area contributed by atoms with Gasteiger partial charge in [-0.1, -0.05) is 12.2 Å². The molecule has 5 aliphatic rings. The number of methoxy groups -OCH3 is 2. The molecule has 0 radical (unpaired) electrons. The summed E-state index contributed by atoms with van der Waals surface area (Å²) in [5.41, 5.74) is 3.10. The SMILES string of the molecule is COC(=O)CNC(=S)N1C(=S)C23c4c5c6c7c8c9c(c%10c%11c2c2c4c4c%12c5c5c6c6c8c8c%13c9c9c%10c%10c%11c%11c2c2c4c4c%12c%12c5c5c6c8c6c8c%13c9c9c%10c%10c%11c2c2c4c4c%12c5c6c5c8c9c%10c2c45)C73C1C(=O)OC. The standard InChI is InChI=1S/C68H10N2O4S2/c1-73-4(71)3-69-66(76)70-63(64(72)74-2)67-59-51-43-33-23-15-7-5-6-9-13-11(7)19-27-21(13)31-25-17(9)18-10(6)14-12-8(5)16(15)24-30-20(12)28-22(14)32-26(18)36-35(25)45-39(31)49-41(27)47(37(43)29(19)23)53(59)55(49)61-57(45)58-46(36)40(32)50-42(28)48-38(30)44(34(24)33)52(51)60(67)54(48)56(50)62(58)68(61,67)65(70)75/h63H,3H2,1-2H3,(H,69,76). The Hall–Kier alpha value is -8.82. The molecule has 0 saturated carbocycles. The molecule has 6 nitrogen and oxygen atoms in total. The minimum atomic E-state index is -1.08. The zero-order chi connectivity index (χ0) is 46.8. The first-order valence-corrected chi connectivity index (χ1v) is 27.8. The number of nitrogens with zero attached hydrogens (tertiary/aromatic N) is 1. The van der Waals surface area contributed by atoms with Crippen LogP contribution in [0, 0.1) is 0 Å². The third-order valence-electron chi connectivity index (χ3n) is 25.8. The molecule has 8 heteroatoms. The first-order chi connectivity index (χ1) is 37.5. The second-order valence-corrected chi connectivity index (χ2v) is 26.9. The van der Waals surface area contributed by atoms with Gasteiger partial charge in [0.2, 0.25) is 0 Å². The van der Waals surface area contributed by atoms with Gasteiger partial charge < -0.3 is 14.8 Å². The molecule has 1 N–H and O–H groups in total. The number of ether oxygens (including phenoxy) is 2. The van der Waals surface area contributed by atoms with E-state index in [-0.39, 0.29) is 17.6 Å². The van der Waals surface area contributed by atoms with Gasteiger partial charge in [0.25, 0.3) is 0 Å². The molecule has 28 aromatic carbocycles. The number of carbonyl (C=O) groups is 2. The van der Waals surface area contributed by atoms with Gasteiger partial charge in [0.15, 0.2) is 5.11 Å². The average Bonchev–Trinajstić information content (AvgIpc) is 2.64. The van der Waals surface area contributed by atoms with Crippen molar-refractivity contribution in [3.05, 3.63) is 22.3 Å². The quantitative estimate of drug-likeness (QED) is 0.107. The lowest BCUT2D eigenvalue weighted by atomic mass is 9.48. The van der Waals surface area contributed by atoms with Crippen molar-refractivity contribution in [3.8, 4) is 0 Å². The van der Waals surface area contributed by atoms with Gasteiger partial charge in [-0.25, -0.2) is 4.79 Å². The van der Waals surface area contributed by atoms with Crippen LogP contribution >= 0.6 is 24.4 Å². The zero-order valence-corrected chi connectivity index (χ0v) is 40.3. The van der Waals surface area contributed by atoms with E-state index in [1.54, 1.807) is 61.0 Å². The third-order valence-corrected chi connectivity index (χ3v) is 26.7. The van der Waals surface area contributed by atoms with Crippen molar-refractivity contribution in [2.45, 2.75) is 16.9 Å². The Balaban J connectivity index is 1.10. The molecule has 33 rings (SSSR count). The summed E-state index contributed by atoms with van der Waals surface area (Å²) in [4.78, 5) is 32.2. The summed E-state index contributed by atoms with van der Waals surface area (Å²) < 4.78 is 11.6. The van der Waals surface area contributed by atoms with Crippen LogP contribution < -0.4 is 5.32 Å². The summed E-state index contributed by atoms with van der Waals surface area (Å²) in [6, 6.07) is -0.988. The largest absolute Gasteiger partial charge is 0.468 e. The first-order valence-electron chi connectivity index (χ1n) is 27.0. The molecule has 0 aromatic heterocycles. The Morgan fingerprint density at radius 2 is 0.579 bits per heavy atom. The van der Waals surface area contributed by atoms with Gasteiger partial charge in [0, 0.05) is 0 Å². The van der Waals surface area contributed by atoms with Gasteiger partial charge in [-0.05, 0) is 325 Å². The molecule has 0 amide bonds. The number of carbonyl (C=O) groups excluding carboxylic acids is 2. The molecule has 28 aromatic rings. The molecule has 1 fully saturated rings. The van der Waals surface area contributed by atoms with Crippen LogP contribution in [0.3, 0.4) is 0 Å². The summed E-state index contributed by atoms with van der Waals surface area (Å²) >= 11 is 14.2. The molecule has 1 atom stereocenters. The lowest BCUT2D eigenvalue weighted by Crippen LogP contribution is -2.58. The van der Waals surface area contributed by atoms with E-state index in [9.17, 15) is 4.79 Å². The number of hydrogen-bond acceptors (Lipinski definition) is 6. The van der Waals surface area contributed by atoms with Gasteiger partial charge in [0.05, 0.1) is 25.0 Å². The number of benzene rings is 18. The van der Waals surface area contributed by atoms with Gasteiger partial charge >= 0.3 is 11.9 Å². The van der Waals surface area contributed by atoms with E-state index in [2.05, 4.69) is 5.32 Å². The average molecular weight is 983 g/mol. The highest BCUT2D eigenvalue weighted by atomic mass is 32.1. The fraction of sp³-hybridized carbons (Fsp3) is 0.0882. The highest BCUT2D eigenvalue weighted by molar-refractivity contribution is 7.82. The van der Waals surface area contributed by atoms with E-state index in [1.165, 1.54) is 266 Å². The molecule has 1 unspecified atom stereocenters. The maximum Gasteiger partial charge on any atom is 0.330 e. The van der Waals surface area contributed by atoms with Crippen molar-refractivity contribution in [2.24, 2.45) is 0 Å². The fourth-order valence-corrected chi connectivity index (χ4v) is 26.5. The van der Waals surface area contributed by atoms with Crippen LogP contribution in [0.4, 0.5) is 0 Å². The van der Waals surface area contributed by atoms with E-state index in [0.29, 0.717) is 4.99 Å². The van der Waals surface area contributed by atoms with Crippen LogP contribution in [0.1, 0.15) is 22.3 Å². The number of nitrogens with one attached hydrogen (secondary N) is 1. The van der Waals surface area contributed by atoms with Crippen molar-refractivity contribution in [3.63, 3.8) is 0 Å². The van der Waals surface area contributed by atoms with E-state index in [4.69, 9.17) is 33.9 Å². The van der Waals surface area contributed by atoms with E-state index in [0.717, 1.165) is 0 Å². The van der Waals surface area contributed by atoms with Crippen LogP contribution in [-0.4, -0.2) is 53.7 Å². The highest BCUT2D eigenvalue weighted by Gasteiger charge is 2.80. The summed E-state index contributed by atoms with van der Waals surface area (Å²) in [6.07, 6.45) is 0. The highest BCUT2D eigenvalue weighted by Crippen LogP contribution is 2.86. The summed E-state index contributed by atoms with van der Waals surface area (Å²) in [7, 11) is 2.96. The van der Waals surface area contributed by atoms with Gasteiger partial charge in [-0.15, -0.1) is 0 Å². The lowest BCUT2D eigenvalue weighted by Gasteiger charge is -2.50. The number of esters is 2. The normalized spacial score (nSPS) is 22.5. The molecule has 2 spiro atoms. The maximum atomic E-state index is 16.3. The van der Waals surface area contributed by atoms with Crippen LogP contribution in [0.25, 0.3) is 291 Å². The van der Waals surface area contributed by atoms with Crippen LogP contribution in [0.15, 0.2) is 0 Å². The monoisotopic (exact) mass is 982 g/mol. The first kappa shape index (κ1) is 30.5. The molecular formula is C68H10N2O4S2. The predicted molar refractivity (Wildman–Crippen MR) is 317 cm³/mol. The second-order valence-electron chi connectivity index (χ2n) is 26.1. The van der Waals surface area contributed by atoms with Crippen molar-refractivity contribution in [1.29, 1.82) is 0 Å². The Morgan fingerprint density at radius 3 is 0.789 bits per heavy atom. The van der Waals surface area contributed by atoms with E-state index >= 15 is 4.79 Å².